The maximum atomic E-state index is 13.0. The monoisotopic (exact) mass is 430 g/mol. The Morgan fingerprint density at radius 3 is 2.39 bits per heavy atom. The third-order valence-electron chi connectivity index (χ3n) is 4.18. The highest BCUT2D eigenvalue weighted by Crippen LogP contribution is 2.20. The number of ether oxygens (including phenoxy) is 3. The molecule has 0 saturated carbocycles. The number of nitrogens with two attached hydrogens (primary N) is 1. The molecule has 0 atom stereocenters. The second-order valence-corrected chi connectivity index (χ2v) is 6.54. The summed E-state index contributed by atoms with van der Waals surface area (Å²) in [5.41, 5.74) is 7.67. The molecule has 3 N–H and O–H groups in total. The van der Waals surface area contributed by atoms with Crippen molar-refractivity contribution in [3.05, 3.63) is 54.9 Å². The Balaban J connectivity index is 1.40. The average molecular weight is 430 g/mol. The lowest BCUT2D eigenvalue weighted by atomic mass is 10.2. The Kier molecular flexibility index (Phi) is 9.32. The van der Waals surface area contributed by atoms with Crippen LogP contribution in [0.5, 0.6) is 0 Å². The van der Waals surface area contributed by atoms with Crippen molar-refractivity contribution in [2.75, 3.05) is 51.5 Å². The number of hydrogen-bond donors (Lipinski definition) is 2. The van der Waals surface area contributed by atoms with E-state index in [0.29, 0.717) is 58.5 Å². The molecule has 9 nitrogen and oxygen atoms in total. The van der Waals surface area contributed by atoms with Crippen LogP contribution in [0, 0.1) is 5.82 Å². The summed E-state index contributed by atoms with van der Waals surface area (Å²) in [7, 11) is 0. The number of hydrogen-bond acceptors (Lipinski definition) is 8. The number of benzene rings is 1. The van der Waals surface area contributed by atoms with Gasteiger partial charge in [-0.1, -0.05) is 0 Å². The van der Waals surface area contributed by atoms with Crippen molar-refractivity contribution in [3.63, 3.8) is 0 Å². The van der Waals surface area contributed by atoms with Crippen LogP contribution in [0.25, 0.3) is 11.3 Å². The maximum absolute atomic E-state index is 13.0. The van der Waals surface area contributed by atoms with Crippen LogP contribution < -0.4 is 11.1 Å². The van der Waals surface area contributed by atoms with E-state index in [2.05, 4.69) is 20.4 Å². The summed E-state index contributed by atoms with van der Waals surface area (Å²) in [4.78, 5) is 8.51. The first kappa shape index (κ1) is 22.8. The van der Waals surface area contributed by atoms with E-state index in [4.69, 9.17) is 19.9 Å². The normalized spacial score (nSPS) is 11.0. The Hall–Kier alpha value is -2.92. The highest BCUT2D eigenvalue weighted by molar-refractivity contribution is 5.64. The van der Waals surface area contributed by atoms with Crippen LogP contribution in [0.4, 0.5) is 15.9 Å². The summed E-state index contributed by atoms with van der Waals surface area (Å²) in [5, 5.41) is 7.48. The molecule has 10 heteroatoms. The zero-order valence-electron chi connectivity index (χ0n) is 17.2. The second kappa shape index (κ2) is 12.7. The first-order valence-corrected chi connectivity index (χ1v) is 10.1. The lowest BCUT2D eigenvalue weighted by Crippen LogP contribution is -2.14. The van der Waals surface area contributed by atoms with Crippen LogP contribution in [-0.2, 0) is 20.8 Å². The second-order valence-electron chi connectivity index (χ2n) is 6.54. The molecule has 2 aromatic heterocycles. The van der Waals surface area contributed by atoms with E-state index in [0.717, 1.165) is 16.9 Å². The lowest BCUT2D eigenvalue weighted by molar-refractivity contribution is 0.0141. The Bertz CT molecular complexity index is 906. The molecule has 3 aromatic rings. The molecule has 0 spiro atoms. The predicted octanol–water partition coefficient (Wildman–Crippen LogP) is 2.23. The van der Waals surface area contributed by atoms with Gasteiger partial charge >= 0.3 is 0 Å². The van der Waals surface area contributed by atoms with Gasteiger partial charge in [0.2, 0.25) is 0 Å². The molecule has 0 aliphatic rings. The van der Waals surface area contributed by atoms with Gasteiger partial charge in [-0.3, -0.25) is 4.68 Å². The summed E-state index contributed by atoms with van der Waals surface area (Å²) in [6, 6.07) is 7.89. The number of aromatic nitrogens is 4. The minimum Gasteiger partial charge on any atom is -0.378 e. The number of anilines is 2. The fraction of sp³-hybridized carbons (Fsp3) is 0.381. The van der Waals surface area contributed by atoms with Gasteiger partial charge in [0.25, 0.3) is 0 Å². The van der Waals surface area contributed by atoms with Crippen LogP contribution in [0.1, 0.15) is 0 Å². The summed E-state index contributed by atoms with van der Waals surface area (Å²) < 4.78 is 31.0. The van der Waals surface area contributed by atoms with Gasteiger partial charge in [-0.15, -0.1) is 0 Å². The highest BCUT2D eigenvalue weighted by atomic mass is 19.1. The van der Waals surface area contributed by atoms with Crippen molar-refractivity contribution >= 4 is 11.5 Å². The number of rotatable bonds is 14. The average Bonchev–Trinajstić information content (AvgIpc) is 3.26. The smallest absolute Gasteiger partial charge is 0.134 e. The van der Waals surface area contributed by atoms with Crippen LogP contribution >= 0.6 is 0 Å². The lowest BCUT2D eigenvalue weighted by Gasteiger charge is -2.07. The van der Waals surface area contributed by atoms with Gasteiger partial charge in [-0.25, -0.2) is 14.4 Å². The van der Waals surface area contributed by atoms with Crippen molar-refractivity contribution < 1.29 is 18.6 Å². The van der Waals surface area contributed by atoms with Crippen LogP contribution in [0.3, 0.4) is 0 Å². The van der Waals surface area contributed by atoms with Crippen LogP contribution in [0.2, 0.25) is 0 Å². The third-order valence-corrected chi connectivity index (χ3v) is 4.18. The van der Waals surface area contributed by atoms with Gasteiger partial charge in [0.15, 0.2) is 0 Å². The molecule has 31 heavy (non-hydrogen) atoms. The topological polar surface area (TPSA) is 109 Å². The summed E-state index contributed by atoms with van der Waals surface area (Å²) in [6.07, 6.45) is 5.12. The van der Waals surface area contributed by atoms with Gasteiger partial charge in [0.05, 0.1) is 58.1 Å². The number of nitrogens with one attached hydrogen (secondary N) is 1. The van der Waals surface area contributed by atoms with Gasteiger partial charge < -0.3 is 25.3 Å². The van der Waals surface area contributed by atoms with Crippen LogP contribution in [-0.4, -0.2) is 65.9 Å². The quantitative estimate of drug-likeness (QED) is 0.375. The van der Waals surface area contributed by atoms with E-state index in [1.807, 2.05) is 12.3 Å². The summed E-state index contributed by atoms with van der Waals surface area (Å²) in [6.45, 7) is 4.30. The maximum Gasteiger partial charge on any atom is 0.134 e. The fourth-order valence-electron chi connectivity index (χ4n) is 2.67. The molecule has 0 bridgehead atoms. The zero-order valence-corrected chi connectivity index (χ0v) is 17.2. The molecule has 166 valence electrons. The Labute approximate surface area is 180 Å². The van der Waals surface area contributed by atoms with Crippen molar-refractivity contribution in [3.8, 4) is 11.3 Å². The first-order chi connectivity index (χ1) is 15.2. The van der Waals surface area contributed by atoms with Gasteiger partial charge in [0.1, 0.15) is 18.0 Å². The summed E-state index contributed by atoms with van der Waals surface area (Å²) >= 11 is 0. The minimum atomic E-state index is -0.286. The van der Waals surface area contributed by atoms with E-state index in [1.54, 1.807) is 23.0 Å². The fourth-order valence-corrected chi connectivity index (χ4v) is 2.67. The van der Waals surface area contributed by atoms with E-state index in [1.165, 1.54) is 18.5 Å². The number of nitrogens with zero attached hydrogens (tertiary/aromatic N) is 4. The third kappa shape index (κ3) is 8.02. The van der Waals surface area contributed by atoms with E-state index in [-0.39, 0.29) is 5.82 Å². The van der Waals surface area contributed by atoms with Gasteiger partial charge in [-0.05, 0) is 24.3 Å². The number of halogens is 1. The molecule has 0 radical (unpaired) electrons. The van der Waals surface area contributed by atoms with Crippen molar-refractivity contribution in [1.29, 1.82) is 0 Å². The van der Waals surface area contributed by atoms with E-state index >= 15 is 0 Å². The van der Waals surface area contributed by atoms with Crippen molar-refractivity contribution in [2.45, 2.75) is 6.54 Å². The first-order valence-electron chi connectivity index (χ1n) is 10.1. The van der Waals surface area contributed by atoms with Crippen molar-refractivity contribution in [2.24, 2.45) is 5.73 Å². The molecule has 0 aliphatic carbocycles. The zero-order chi connectivity index (χ0) is 21.7. The van der Waals surface area contributed by atoms with E-state index in [9.17, 15) is 4.39 Å². The molecule has 1 aromatic carbocycles. The standard InChI is InChI=1S/C21H27FN6O3/c22-18-1-3-19(4-2-18)27-21-13-20(24-16-25-21)17-14-26-28(15-17)6-8-30-10-12-31-11-9-29-7-5-23/h1-4,13-16H,5-12,23H2,(H,24,25,27). The Morgan fingerprint density at radius 2 is 1.65 bits per heavy atom. The van der Waals surface area contributed by atoms with Crippen LogP contribution in [0.15, 0.2) is 49.1 Å². The molecule has 0 fully saturated rings. The molecule has 2 heterocycles. The SMILES string of the molecule is NCCOCCOCCOCCn1cc(-c2cc(Nc3ccc(F)cc3)ncn2)cn1. The predicted molar refractivity (Wildman–Crippen MR) is 114 cm³/mol. The van der Waals surface area contributed by atoms with Gasteiger partial charge in [-0.2, -0.15) is 5.10 Å². The molecule has 3 rings (SSSR count). The molecule has 0 unspecified atom stereocenters. The summed E-state index contributed by atoms with van der Waals surface area (Å²) in [5.74, 6) is 0.326. The van der Waals surface area contributed by atoms with E-state index < -0.39 is 0 Å². The largest absolute Gasteiger partial charge is 0.378 e. The van der Waals surface area contributed by atoms with Crippen molar-refractivity contribution in [1.82, 2.24) is 19.7 Å². The Morgan fingerprint density at radius 1 is 0.935 bits per heavy atom. The molecule has 0 amide bonds. The molecular formula is C21H27FN6O3. The molecule has 0 aliphatic heterocycles. The molecule has 0 saturated heterocycles. The van der Waals surface area contributed by atoms with Gasteiger partial charge in [0, 0.05) is 30.1 Å². The minimum absolute atomic E-state index is 0.286. The molecular weight excluding hydrogens is 403 g/mol. The highest BCUT2D eigenvalue weighted by Gasteiger charge is 2.06.